The molecule has 0 aliphatic carbocycles. The summed E-state index contributed by atoms with van der Waals surface area (Å²) in [5.74, 6) is -2.25. The van der Waals surface area contributed by atoms with Crippen LogP contribution in [0.25, 0.3) is 0 Å². The van der Waals surface area contributed by atoms with E-state index in [1.807, 2.05) is 0 Å². The smallest absolute Gasteiger partial charge is 0.417 e. The highest BCUT2D eigenvalue weighted by Gasteiger charge is 2.36. The van der Waals surface area contributed by atoms with Gasteiger partial charge in [0.1, 0.15) is 5.02 Å². The number of carbonyl (C=O) groups is 1. The van der Waals surface area contributed by atoms with E-state index in [-0.39, 0.29) is 12.5 Å². The molecule has 30 heavy (non-hydrogen) atoms. The number of pyridine rings is 1. The molecule has 0 fully saturated rings. The zero-order valence-electron chi connectivity index (χ0n) is 14.8. The van der Waals surface area contributed by atoms with Crippen molar-refractivity contribution in [3.05, 3.63) is 48.9 Å². The average Bonchev–Trinajstić information content (AvgIpc) is 2.65. The number of ether oxygens (including phenoxy) is 3. The number of carbonyl (C=O) groups excluding carboxylic acids is 1. The maximum absolute atomic E-state index is 13.0. The van der Waals surface area contributed by atoms with Crippen molar-refractivity contribution < 1.29 is 37.1 Å². The van der Waals surface area contributed by atoms with E-state index in [1.165, 1.54) is 0 Å². The van der Waals surface area contributed by atoms with Gasteiger partial charge in [-0.25, -0.2) is 4.79 Å². The second-order valence-electron chi connectivity index (χ2n) is 5.29. The van der Waals surface area contributed by atoms with Crippen molar-refractivity contribution in [2.45, 2.75) is 13.1 Å². The lowest BCUT2D eigenvalue weighted by molar-refractivity contribution is -0.386. The first kappa shape index (κ1) is 23.8. The molecule has 14 heteroatoms. The molecule has 0 atom stereocenters. The van der Waals surface area contributed by atoms with Crippen LogP contribution in [-0.4, -0.2) is 29.1 Å². The minimum absolute atomic E-state index is 0.0620. The Hall–Kier alpha value is -2.50. The number of hydrogen-bond donors (Lipinski definition) is 0. The lowest BCUT2D eigenvalue weighted by atomic mass is 10.2. The van der Waals surface area contributed by atoms with Crippen LogP contribution in [0.3, 0.4) is 0 Å². The van der Waals surface area contributed by atoms with Gasteiger partial charge in [0.05, 0.1) is 27.1 Å². The predicted octanol–water partition coefficient (Wildman–Crippen LogP) is 5.70. The lowest BCUT2D eigenvalue weighted by Crippen LogP contribution is -2.15. The van der Waals surface area contributed by atoms with E-state index in [1.54, 1.807) is 6.92 Å². The first-order chi connectivity index (χ1) is 14.0. The number of esters is 1. The average molecular weight is 490 g/mol. The molecule has 0 unspecified atom stereocenters. The zero-order valence-corrected chi connectivity index (χ0v) is 17.0. The molecule has 0 aliphatic heterocycles. The Balaban J connectivity index is 2.39. The summed E-state index contributed by atoms with van der Waals surface area (Å²) in [7, 11) is 0. The van der Waals surface area contributed by atoms with Crippen LogP contribution in [0.1, 0.15) is 12.5 Å². The number of nitrogens with zero attached hydrogens (tertiary/aromatic N) is 2. The van der Waals surface area contributed by atoms with Gasteiger partial charge in [-0.15, -0.1) is 0 Å². The van der Waals surface area contributed by atoms with Crippen LogP contribution in [0, 0.1) is 10.1 Å². The molecule has 0 saturated heterocycles. The summed E-state index contributed by atoms with van der Waals surface area (Å²) in [6, 6.07) is 2.47. The van der Waals surface area contributed by atoms with Crippen LogP contribution in [0.15, 0.2) is 18.2 Å². The Kier molecular flexibility index (Phi) is 7.56. The number of benzene rings is 1. The fourth-order valence-electron chi connectivity index (χ4n) is 2.03. The molecule has 1 heterocycles. The fraction of sp³-hybridized carbons (Fsp3) is 0.250. The van der Waals surface area contributed by atoms with Crippen LogP contribution >= 0.6 is 34.8 Å². The van der Waals surface area contributed by atoms with Gasteiger partial charge in [0.15, 0.2) is 12.4 Å². The summed E-state index contributed by atoms with van der Waals surface area (Å²) in [5, 5.41) is 9.07. The summed E-state index contributed by atoms with van der Waals surface area (Å²) in [6.07, 6.45) is -4.82. The van der Waals surface area contributed by atoms with Crippen molar-refractivity contribution >= 4 is 46.5 Å². The number of rotatable bonds is 7. The molecule has 2 rings (SSSR count). The summed E-state index contributed by atoms with van der Waals surface area (Å²) in [6.45, 7) is 0.932. The van der Waals surface area contributed by atoms with Crippen molar-refractivity contribution in [2.24, 2.45) is 0 Å². The molecular weight excluding hydrogens is 480 g/mol. The van der Waals surface area contributed by atoms with Crippen LogP contribution < -0.4 is 9.47 Å². The molecule has 8 nitrogen and oxygen atoms in total. The second-order valence-corrected chi connectivity index (χ2v) is 6.45. The van der Waals surface area contributed by atoms with Crippen LogP contribution in [0.2, 0.25) is 15.1 Å². The Morgan fingerprint density at radius 3 is 2.47 bits per heavy atom. The summed E-state index contributed by atoms with van der Waals surface area (Å²) in [4.78, 5) is 25.4. The highest BCUT2D eigenvalue weighted by molar-refractivity contribution is 6.45. The Morgan fingerprint density at radius 1 is 1.23 bits per heavy atom. The topological polar surface area (TPSA) is 101 Å². The predicted molar refractivity (Wildman–Crippen MR) is 99.6 cm³/mol. The lowest BCUT2D eigenvalue weighted by Gasteiger charge is -2.15. The van der Waals surface area contributed by atoms with Gasteiger partial charge >= 0.3 is 17.8 Å². The van der Waals surface area contributed by atoms with Crippen LogP contribution in [0.5, 0.6) is 17.5 Å². The third-order valence-corrected chi connectivity index (χ3v) is 4.40. The van der Waals surface area contributed by atoms with Gasteiger partial charge in [-0.05, 0) is 13.0 Å². The molecule has 0 aliphatic rings. The SMILES string of the molecule is CCOC(=O)COc1nc(Oc2c(Cl)cc(C(F)(F)F)c(Cl)c2Cl)ccc1[N+](=O)[O-]. The maximum Gasteiger partial charge on any atom is 0.417 e. The molecule has 2 aromatic rings. The van der Waals surface area contributed by atoms with E-state index in [9.17, 15) is 28.1 Å². The summed E-state index contributed by atoms with van der Waals surface area (Å²) in [5.41, 5.74) is -1.88. The van der Waals surface area contributed by atoms with E-state index in [0.29, 0.717) is 6.07 Å². The standard InChI is InChI=1S/C16H10Cl3F3N2O6/c1-2-28-11(25)6-29-15-9(24(26)27)3-4-10(23-15)30-14-8(17)5-7(16(20,21)22)12(18)13(14)19/h3-5H,2,6H2,1H3. The van der Waals surface area contributed by atoms with Crippen molar-refractivity contribution in [1.29, 1.82) is 0 Å². The highest BCUT2D eigenvalue weighted by atomic mass is 35.5. The van der Waals surface area contributed by atoms with E-state index >= 15 is 0 Å². The number of hydrogen-bond acceptors (Lipinski definition) is 7. The molecule has 1 aromatic carbocycles. The molecule has 0 spiro atoms. The number of nitro groups is 1. The van der Waals surface area contributed by atoms with E-state index in [4.69, 9.17) is 44.3 Å². The van der Waals surface area contributed by atoms with Crippen molar-refractivity contribution in [3.63, 3.8) is 0 Å². The fourth-order valence-corrected chi connectivity index (χ4v) is 2.81. The molecule has 0 N–H and O–H groups in total. The third-order valence-electron chi connectivity index (χ3n) is 3.27. The largest absolute Gasteiger partial charge is 0.463 e. The van der Waals surface area contributed by atoms with E-state index in [2.05, 4.69) is 9.72 Å². The maximum atomic E-state index is 13.0. The summed E-state index contributed by atoms with van der Waals surface area (Å²) < 4.78 is 53.8. The molecule has 0 amide bonds. The first-order valence-corrected chi connectivity index (χ1v) is 8.95. The van der Waals surface area contributed by atoms with Crippen molar-refractivity contribution in [1.82, 2.24) is 4.98 Å². The Morgan fingerprint density at radius 2 is 1.90 bits per heavy atom. The van der Waals surface area contributed by atoms with Gasteiger partial charge in [0.25, 0.3) is 5.88 Å². The first-order valence-electron chi connectivity index (χ1n) is 7.82. The van der Waals surface area contributed by atoms with Crippen LogP contribution in [0.4, 0.5) is 18.9 Å². The Labute approximate surface area is 181 Å². The van der Waals surface area contributed by atoms with Crippen molar-refractivity contribution in [3.8, 4) is 17.5 Å². The van der Waals surface area contributed by atoms with Crippen molar-refractivity contribution in [2.75, 3.05) is 13.2 Å². The van der Waals surface area contributed by atoms with Crippen LogP contribution in [-0.2, 0) is 15.7 Å². The molecule has 1 aromatic heterocycles. The normalized spacial score (nSPS) is 11.2. The van der Waals surface area contributed by atoms with Gasteiger partial charge < -0.3 is 14.2 Å². The molecule has 0 bridgehead atoms. The third kappa shape index (κ3) is 5.55. The van der Waals surface area contributed by atoms with E-state index < -0.39 is 61.6 Å². The minimum Gasteiger partial charge on any atom is -0.463 e. The number of alkyl halides is 3. The highest BCUT2D eigenvalue weighted by Crippen LogP contribution is 2.47. The monoisotopic (exact) mass is 488 g/mol. The van der Waals surface area contributed by atoms with Gasteiger partial charge in [-0.3, -0.25) is 10.1 Å². The van der Waals surface area contributed by atoms with Gasteiger partial charge in [0.2, 0.25) is 5.88 Å². The quantitative estimate of drug-likeness (QED) is 0.213. The number of halogens is 6. The van der Waals surface area contributed by atoms with Gasteiger partial charge in [0, 0.05) is 12.1 Å². The zero-order chi connectivity index (χ0) is 22.6. The summed E-state index contributed by atoms with van der Waals surface area (Å²) >= 11 is 17.3. The molecule has 162 valence electrons. The minimum atomic E-state index is -4.82. The van der Waals surface area contributed by atoms with E-state index in [0.717, 1.165) is 12.1 Å². The van der Waals surface area contributed by atoms with Gasteiger partial charge in [-0.1, -0.05) is 34.8 Å². The molecule has 0 saturated carbocycles. The van der Waals surface area contributed by atoms with Gasteiger partial charge in [-0.2, -0.15) is 18.2 Å². The number of aromatic nitrogens is 1. The second kappa shape index (κ2) is 9.54. The Bertz CT molecular complexity index is 988. The molecular formula is C16H10Cl3F3N2O6. The molecule has 0 radical (unpaired) electrons.